The van der Waals surface area contributed by atoms with Gasteiger partial charge in [0.2, 0.25) is 15.9 Å². The van der Waals surface area contributed by atoms with Gasteiger partial charge in [0, 0.05) is 24.7 Å². The van der Waals surface area contributed by atoms with Crippen LogP contribution in [0.4, 0.5) is 5.69 Å². The maximum absolute atomic E-state index is 12.5. The fraction of sp³-hybridized carbons (Fsp3) is 0.154. The normalized spacial score (nSPS) is 11.7. The Hall–Kier alpha value is -2.32. The van der Waals surface area contributed by atoms with Crippen molar-refractivity contribution in [2.24, 2.45) is 5.73 Å². The standard InChI is InChI=1S/C13H15N3O4S/c1-16(7-9-4-5-20-8-9)21(18,19)12-3-2-10(13(15)17)6-11(12)14/h2-6,8H,7,14H2,1H3,(H2,15,17). The van der Waals surface area contributed by atoms with Crippen molar-refractivity contribution in [2.75, 3.05) is 12.8 Å². The van der Waals surface area contributed by atoms with E-state index in [1.54, 1.807) is 6.07 Å². The summed E-state index contributed by atoms with van der Waals surface area (Å²) in [6.45, 7) is 0.149. The fourth-order valence-electron chi connectivity index (χ4n) is 1.83. The molecule has 0 aliphatic carbocycles. The van der Waals surface area contributed by atoms with Crippen molar-refractivity contribution in [2.45, 2.75) is 11.4 Å². The molecule has 1 heterocycles. The van der Waals surface area contributed by atoms with Crippen molar-refractivity contribution < 1.29 is 17.6 Å². The second kappa shape index (κ2) is 5.58. The van der Waals surface area contributed by atoms with Crippen molar-refractivity contribution in [3.63, 3.8) is 0 Å². The maximum Gasteiger partial charge on any atom is 0.248 e. The molecule has 0 atom stereocenters. The average molecular weight is 309 g/mol. The van der Waals surface area contributed by atoms with E-state index in [1.807, 2.05) is 0 Å². The Kier molecular flexibility index (Phi) is 4.01. The van der Waals surface area contributed by atoms with Gasteiger partial charge in [-0.1, -0.05) is 0 Å². The summed E-state index contributed by atoms with van der Waals surface area (Å²) in [6.07, 6.45) is 2.93. The molecule has 0 bridgehead atoms. The van der Waals surface area contributed by atoms with Crippen molar-refractivity contribution in [1.29, 1.82) is 0 Å². The van der Waals surface area contributed by atoms with Crippen LogP contribution in [0, 0.1) is 0 Å². The van der Waals surface area contributed by atoms with Crippen LogP contribution in [-0.4, -0.2) is 25.7 Å². The number of nitrogens with zero attached hydrogens (tertiary/aromatic N) is 1. The summed E-state index contributed by atoms with van der Waals surface area (Å²) < 4.78 is 31.0. The molecule has 0 aliphatic rings. The van der Waals surface area contributed by atoms with E-state index in [-0.39, 0.29) is 22.7 Å². The summed E-state index contributed by atoms with van der Waals surface area (Å²) in [5, 5.41) is 0. The van der Waals surface area contributed by atoms with Crippen LogP contribution in [0.15, 0.2) is 46.1 Å². The molecule has 0 radical (unpaired) electrons. The molecule has 21 heavy (non-hydrogen) atoms. The lowest BCUT2D eigenvalue weighted by molar-refractivity contribution is 0.1000. The van der Waals surface area contributed by atoms with Crippen LogP contribution in [0.5, 0.6) is 0 Å². The zero-order valence-electron chi connectivity index (χ0n) is 11.3. The number of nitrogens with two attached hydrogens (primary N) is 2. The molecular formula is C13H15N3O4S. The van der Waals surface area contributed by atoms with Gasteiger partial charge >= 0.3 is 0 Å². The first-order chi connectivity index (χ1) is 9.82. The smallest absolute Gasteiger partial charge is 0.248 e. The van der Waals surface area contributed by atoms with Gasteiger partial charge in [-0.2, -0.15) is 4.31 Å². The molecule has 8 heteroatoms. The fourth-order valence-corrected chi connectivity index (χ4v) is 3.08. The molecule has 1 aromatic heterocycles. The maximum atomic E-state index is 12.5. The van der Waals surface area contributed by atoms with E-state index >= 15 is 0 Å². The molecule has 0 saturated carbocycles. The third-order valence-electron chi connectivity index (χ3n) is 2.97. The van der Waals surface area contributed by atoms with Crippen LogP contribution in [0.1, 0.15) is 15.9 Å². The quantitative estimate of drug-likeness (QED) is 0.791. The second-order valence-corrected chi connectivity index (χ2v) is 6.52. The highest BCUT2D eigenvalue weighted by atomic mass is 32.2. The summed E-state index contributed by atoms with van der Waals surface area (Å²) in [6, 6.07) is 5.53. The van der Waals surface area contributed by atoms with Gasteiger partial charge in [-0.25, -0.2) is 8.42 Å². The van der Waals surface area contributed by atoms with Crippen LogP contribution in [-0.2, 0) is 16.6 Å². The Labute approximate surface area is 122 Å². The Bertz CT molecular complexity index is 754. The van der Waals surface area contributed by atoms with Crippen molar-refractivity contribution in [3.05, 3.63) is 47.9 Å². The number of furan rings is 1. The Balaban J connectivity index is 2.33. The summed E-state index contributed by atoms with van der Waals surface area (Å²) >= 11 is 0. The highest BCUT2D eigenvalue weighted by molar-refractivity contribution is 7.89. The largest absolute Gasteiger partial charge is 0.472 e. The molecule has 1 aromatic carbocycles. The molecule has 4 N–H and O–H groups in total. The first-order valence-corrected chi connectivity index (χ1v) is 7.43. The van der Waals surface area contributed by atoms with Crippen molar-refractivity contribution >= 4 is 21.6 Å². The topological polar surface area (TPSA) is 120 Å². The third-order valence-corrected chi connectivity index (χ3v) is 4.85. The average Bonchev–Trinajstić information content (AvgIpc) is 2.90. The Morgan fingerprint density at radius 3 is 2.57 bits per heavy atom. The molecule has 0 spiro atoms. The third kappa shape index (κ3) is 3.06. The van der Waals surface area contributed by atoms with Gasteiger partial charge in [0.1, 0.15) is 4.90 Å². The van der Waals surface area contributed by atoms with Crippen LogP contribution in [0.3, 0.4) is 0 Å². The zero-order chi connectivity index (χ0) is 15.6. The van der Waals surface area contributed by atoms with E-state index in [4.69, 9.17) is 15.9 Å². The van der Waals surface area contributed by atoms with Crippen molar-refractivity contribution in [1.82, 2.24) is 4.31 Å². The number of carbonyl (C=O) groups is 1. The van der Waals surface area contributed by atoms with E-state index in [0.29, 0.717) is 5.56 Å². The molecule has 0 unspecified atom stereocenters. The van der Waals surface area contributed by atoms with Gasteiger partial charge in [0.15, 0.2) is 0 Å². The number of nitrogen functional groups attached to an aromatic ring is 1. The van der Waals surface area contributed by atoms with E-state index < -0.39 is 15.9 Å². The number of rotatable bonds is 5. The predicted octanol–water partition coefficient (Wildman–Crippen LogP) is 0.781. The minimum atomic E-state index is -3.77. The van der Waals surface area contributed by atoms with Crippen molar-refractivity contribution in [3.8, 4) is 0 Å². The molecule has 0 saturated heterocycles. The summed E-state index contributed by atoms with van der Waals surface area (Å²) in [7, 11) is -2.34. The first-order valence-electron chi connectivity index (χ1n) is 5.99. The highest BCUT2D eigenvalue weighted by Gasteiger charge is 2.24. The van der Waals surface area contributed by atoms with Crippen LogP contribution >= 0.6 is 0 Å². The van der Waals surface area contributed by atoms with Gasteiger partial charge in [0.25, 0.3) is 0 Å². The Morgan fingerprint density at radius 2 is 2.05 bits per heavy atom. The number of amides is 1. The van der Waals surface area contributed by atoms with E-state index in [2.05, 4.69) is 0 Å². The number of primary amides is 1. The number of benzene rings is 1. The molecule has 2 aromatic rings. The molecule has 7 nitrogen and oxygen atoms in total. The number of hydrogen-bond donors (Lipinski definition) is 2. The van der Waals surface area contributed by atoms with Gasteiger partial charge in [-0.3, -0.25) is 4.79 Å². The second-order valence-electron chi connectivity index (χ2n) is 4.51. The van der Waals surface area contributed by atoms with Gasteiger partial charge < -0.3 is 15.9 Å². The number of anilines is 1. The van der Waals surface area contributed by atoms with Gasteiger partial charge in [0.05, 0.1) is 18.2 Å². The SMILES string of the molecule is CN(Cc1ccoc1)S(=O)(=O)c1ccc(C(N)=O)cc1N. The summed E-state index contributed by atoms with van der Waals surface area (Å²) in [5.74, 6) is -0.669. The lowest BCUT2D eigenvalue weighted by atomic mass is 10.2. The minimum absolute atomic E-state index is 0.0228. The summed E-state index contributed by atoms with van der Waals surface area (Å²) in [4.78, 5) is 11.0. The molecule has 1 amide bonds. The predicted molar refractivity (Wildman–Crippen MR) is 76.7 cm³/mol. The van der Waals surface area contributed by atoms with E-state index in [0.717, 1.165) is 4.31 Å². The number of carbonyl (C=O) groups excluding carboxylic acids is 1. The number of sulfonamides is 1. The lowest BCUT2D eigenvalue weighted by Gasteiger charge is -2.17. The minimum Gasteiger partial charge on any atom is -0.472 e. The van der Waals surface area contributed by atoms with Gasteiger partial charge in [-0.05, 0) is 24.3 Å². The molecule has 0 aliphatic heterocycles. The van der Waals surface area contributed by atoms with Crippen LogP contribution in [0.2, 0.25) is 0 Å². The Morgan fingerprint density at radius 1 is 1.33 bits per heavy atom. The summed E-state index contributed by atoms with van der Waals surface area (Å²) in [5.41, 5.74) is 11.7. The highest BCUT2D eigenvalue weighted by Crippen LogP contribution is 2.24. The monoisotopic (exact) mass is 309 g/mol. The molecule has 2 rings (SSSR count). The molecule has 112 valence electrons. The molecule has 0 fully saturated rings. The zero-order valence-corrected chi connectivity index (χ0v) is 12.1. The number of hydrogen-bond acceptors (Lipinski definition) is 5. The van der Waals surface area contributed by atoms with E-state index in [9.17, 15) is 13.2 Å². The first kappa shape index (κ1) is 15.1. The van der Waals surface area contributed by atoms with Crippen LogP contribution < -0.4 is 11.5 Å². The van der Waals surface area contributed by atoms with E-state index in [1.165, 1.54) is 37.8 Å². The molecular weight excluding hydrogens is 294 g/mol. The lowest BCUT2D eigenvalue weighted by Crippen LogP contribution is -2.27. The van der Waals surface area contributed by atoms with Crippen LogP contribution in [0.25, 0.3) is 0 Å². The van der Waals surface area contributed by atoms with Gasteiger partial charge in [-0.15, -0.1) is 0 Å².